The Morgan fingerprint density at radius 2 is 2.38 bits per heavy atom. The van der Waals surface area contributed by atoms with Gasteiger partial charge in [0.25, 0.3) is 0 Å². The molecule has 4 rings (SSSR count). The van der Waals surface area contributed by atoms with Crippen molar-refractivity contribution in [2.75, 3.05) is 39.9 Å². The second-order valence-corrected chi connectivity index (χ2v) is 7.79. The van der Waals surface area contributed by atoms with Gasteiger partial charge in [-0.2, -0.15) is 0 Å². The smallest absolute Gasteiger partial charge is 0.215 e. The summed E-state index contributed by atoms with van der Waals surface area (Å²) < 4.78 is 7.14. The molecule has 2 N–H and O–H groups in total. The first-order chi connectivity index (χ1) is 11.9. The Bertz CT molecular complexity index is 645. The zero-order valence-corrected chi connectivity index (χ0v) is 15.0. The van der Waals surface area contributed by atoms with Gasteiger partial charge in [-0.1, -0.05) is 6.07 Å². The van der Waals surface area contributed by atoms with E-state index in [1.54, 1.807) is 12.0 Å². The van der Waals surface area contributed by atoms with Gasteiger partial charge in [0.1, 0.15) is 25.7 Å². The fraction of sp³-hybridized carbons (Fsp3) is 0.688. The van der Waals surface area contributed by atoms with Crippen LogP contribution in [-0.4, -0.2) is 66.1 Å². The van der Waals surface area contributed by atoms with Crippen molar-refractivity contribution >= 4 is 11.3 Å². The third-order valence-corrected chi connectivity index (χ3v) is 6.40. The summed E-state index contributed by atoms with van der Waals surface area (Å²) in [6.07, 6.45) is 2.74. The van der Waals surface area contributed by atoms with Crippen molar-refractivity contribution in [3.05, 3.63) is 28.2 Å². The molecule has 2 saturated heterocycles. The molecular weight excluding hydrogens is 324 g/mol. The predicted molar refractivity (Wildman–Crippen MR) is 90.3 cm³/mol. The number of quaternary nitrogens is 2. The van der Waals surface area contributed by atoms with Gasteiger partial charge in [0, 0.05) is 20.0 Å². The molecule has 0 aliphatic carbocycles. The Hall–Kier alpha value is -1.35. The van der Waals surface area contributed by atoms with Crippen molar-refractivity contribution in [2.24, 2.45) is 0 Å². The van der Waals surface area contributed by atoms with Crippen molar-refractivity contribution in [1.82, 2.24) is 20.2 Å². The van der Waals surface area contributed by atoms with Gasteiger partial charge in [-0.25, -0.2) is 4.68 Å². The van der Waals surface area contributed by atoms with Crippen LogP contribution in [0.1, 0.15) is 29.6 Å². The number of rotatable bonds is 6. The second kappa shape index (κ2) is 7.26. The van der Waals surface area contributed by atoms with E-state index in [4.69, 9.17) is 4.74 Å². The monoisotopic (exact) mass is 350 g/mol. The van der Waals surface area contributed by atoms with Crippen LogP contribution >= 0.6 is 11.3 Å². The number of aromatic nitrogens is 4. The highest BCUT2D eigenvalue weighted by Gasteiger charge is 2.42. The Kier molecular flexibility index (Phi) is 4.88. The van der Waals surface area contributed by atoms with Crippen molar-refractivity contribution in [1.29, 1.82) is 0 Å². The molecule has 0 aromatic carbocycles. The molecule has 0 amide bonds. The van der Waals surface area contributed by atoms with Gasteiger partial charge in [0.05, 0.1) is 24.6 Å². The first kappa shape index (κ1) is 16.1. The van der Waals surface area contributed by atoms with Gasteiger partial charge in [-0.3, -0.25) is 0 Å². The third-order valence-electron chi connectivity index (χ3n) is 5.46. The van der Waals surface area contributed by atoms with Gasteiger partial charge < -0.3 is 14.5 Å². The van der Waals surface area contributed by atoms with Crippen LogP contribution in [-0.2, 0) is 11.3 Å². The zero-order chi connectivity index (χ0) is 16.4. The average Bonchev–Trinajstić information content (AvgIpc) is 3.35. The van der Waals surface area contributed by atoms with Crippen LogP contribution in [0.5, 0.6) is 0 Å². The highest BCUT2D eigenvalue weighted by molar-refractivity contribution is 7.10. The first-order valence-electron chi connectivity index (χ1n) is 8.84. The van der Waals surface area contributed by atoms with E-state index >= 15 is 0 Å². The largest absolute Gasteiger partial charge is 0.383 e. The molecule has 2 aliphatic heterocycles. The Morgan fingerprint density at radius 3 is 3.21 bits per heavy atom. The minimum atomic E-state index is 0.235. The number of nitrogens with zero attached hydrogens (tertiary/aromatic N) is 4. The second-order valence-electron chi connectivity index (χ2n) is 6.81. The number of piperazine rings is 1. The van der Waals surface area contributed by atoms with Crippen molar-refractivity contribution in [3.8, 4) is 0 Å². The van der Waals surface area contributed by atoms with Gasteiger partial charge in [-0.15, -0.1) is 16.4 Å². The van der Waals surface area contributed by atoms with Crippen LogP contribution in [0.15, 0.2) is 17.5 Å². The maximum atomic E-state index is 5.22. The highest BCUT2D eigenvalue weighted by atomic mass is 32.1. The molecule has 2 unspecified atom stereocenters. The van der Waals surface area contributed by atoms with Gasteiger partial charge in [0.2, 0.25) is 5.82 Å². The maximum absolute atomic E-state index is 5.22. The number of hydrogen-bond acceptors (Lipinski definition) is 5. The lowest BCUT2D eigenvalue weighted by Gasteiger charge is -2.35. The number of hydrogen-bond donors (Lipinski definition) is 2. The number of nitrogens with one attached hydrogen (secondary N) is 2. The molecule has 8 heteroatoms. The fourth-order valence-corrected chi connectivity index (χ4v) is 5.16. The van der Waals surface area contributed by atoms with Crippen LogP contribution < -0.4 is 9.80 Å². The van der Waals surface area contributed by atoms with E-state index in [0.717, 1.165) is 11.9 Å². The molecular formula is C16H26N6OS+2. The molecule has 0 radical (unpaired) electrons. The van der Waals surface area contributed by atoms with Crippen molar-refractivity contribution in [3.63, 3.8) is 0 Å². The van der Waals surface area contributed by atoms with Crippen LogP contribution in [0, 0.1) is 0 Å². The van der Waals surface area contributed by atoms with E-state index in [2.05, 4.69) is 33.0 Å². The van der Waals surface area contributed by atoms with Crippen LogP contribution in [0.3, 0.4) is 0 Å². The fourth-order valence-electron chi connectivity index (χ4n) is 4.28. The lowest BCUT2D eigenvalue weighted by molar-refractivity contribution is -1.03. The SMILES string of the molecule is COCCn1nnnc1[C@H](c1cccs1)[NH+]1CC[NH+]2CCC[C@@H]2C1. The number of fused-ring (bicyclic) bond motifs is 1. The summed E-state index contributed by atoms with van der Waals surface area (Å²) in [7, 11) is 1.72. The molecule has 2 aromatic heterocycles. The summed E-state index contributed by atoms with van der Waals surface area (Å²) in [5.74, 6) is 0.978. The van der Waals surface area contributed by atoms with Crippen molar-refractivity contribution < 1.29 is 14.5 Å². The molecule has 0 bridgehead atoms. The standard InChI is InChI=1S/C16H24N6OS/c1-23-10-9-22-16(17-18-19-22)15(14-5-3-11-24-14)21-8-7-20-6-2-4-13(20)12-21/h3,5,11,13,15H,2,4,6-10,12H2,1H3/p+2/t13-,15+/m1/s1. The topological polar surface area (TPSA) is 61.7 Å². The van der Waals surface area contributed by atoms with E-state index in [1.165, 1.54) is 43.9 Å². The van der Waals surface area contributed by atoms with E-state index in [9.17, 15) is 0 Å². The van der Waals surface area contributed by atoms with Crippen LogP contribution in [0.25, 0.3) is 0 Å². The Morgan fingerprint density at radius 1 is 1.42 bits per heavy atom. The molecule has 7 nitrogen and oxygen atoms in total. The zero-order valence-electron chi connectivity index (χ0n) is 14.1. The first-order valence-corrected chi connectivity index (χ1v) is 9.72. The highest BCUT2D eigenvalue weighted by Crippen LogP contribution is 2.22. The minimum absolute atomic E-state index is 0.235. The van der Waals surface area contributed by atoms with E-state index in [0.29, 0.717) is 13.2 Å². The van der Waals surface area contributed by atoms with Gasteiger partial charge in [-0.05, 0) is 21.9 Å². The average molecular weight is 350 g/mol. The van der Waals surface area contributed by atoms with E-state index < -0.39 is 0 Å². The Labute approximate surface area is 146 Å². The van der Waals surface area contributed by atoms with E-state index in [-0.39, 0.29) is 6.04 Å². The summed E-state index contributed by atoms with van der Waals surface area (Å²) in [4.78, 5) is 4.78. The lowest BCUT2D eigenvalue weighted by Crippen LogP contribution is -3.29. The number of thiophene rings is 1. The van der Waals surface area contributed by atoms with Gasteiger partial charge in [0.15, 0.2) is 6.04 Å². The molecule has 4 atom stereocenters. The lowest BCUT2D eigenvalue weighted by atomic mass is 10.1. The summed E-state index contributed by atoms with van der Waals surface area (Å²) in [5, 5.41) is 14.7. The normalized spacial score (nSPS) is 28.0. The summed E-state index contributed by atoms with van der Waals surface area (Å²) >= 11 is 1.81. The minimum Gasteiger partial charge on any atom is -0.383 e. The molecule has 2 aliphatic rings. The molecule has 24 heavy (non-hydrogen) atoms. The molecule has 2 fully saturated rings. The predicted octanol–water partition coefficient (Wildman–Crippen LogP) is -1.58. The third kappa shape index (κ3) is 3.11. The number of tetrazole rings is 1. The summed E-state index contributed by atoms with van der Waals surface area (Å²) in [5.41, 5.74) is 0. The maximum Gasteiger partial charge on any atom is 0.215 e. The quantitative estimate of drug-likeness (QED) is 0.660. The van der Waals surface area contributed by atoms with Gasteiger partial charge >= 0.3 is 0 Å². The molecule has 4 heterocycles. The van der Waals surface area contributed by atoms with Crippen molar-refractivity contribution in [2.45, 2.75) is 31.5 Å². The number of methoxy groups -OCH3 is 1. The molecule has 130 valence electrons. The van der Waals surface area contributed by atoms with Crippen LogP contribution in [0.4, 0.5) is 0 Å². The molecule has 0 saturated carbocycles. The summed E-state index contributed by atoms with van der Waals surface area (Å²) in [6, 6.07) is 5.40. The van der Waals surface area contributed by atoms with E-state index in [1.807, 2.05) is 20.9 Å². The molecule has 2 aromatic rings. The van der Waals surface area contributed by atoms with Crippen LogP contribution in [0.2, 0.25) is 0 Å². The molecule has 0 spiro atoms. The summed E-state index contributed by atoms with van der Waals surface area (Å²) in [6.45, 7) is 6.36. The number of ether oxygens (including phenoxy) is 1. The Balaban J connectivity index is 1.62.